The third-order valence-electron chi connectivity index (χ3n) is 1.27. The molecule has 0 aromatic heterocycles. The fourth-order valence-corrected chi connectivity index (χ4v) is 0.854. The highest BCUT2D eigenvalue weighted by molar-refractivity contribution is 6.33. The molecule has 60 valence electrons. The molecule has 1 rings (SSSR count). The monoisotopic (exact) mass is 175 g/mol. The molecule has 0 radical (unpaired) electrons. The first-order valence-corrected chi connectivity index (χ1v) is 3.31. The lowest BCUT2D eigenvalue weighted by atomic mass is 10.3. The molecule has 2 nitrogen and oxygen atoms in total. The van der Waals surface area contributed by atoms with E-state index in [1.54, 1.807) is 0 Å². The summed E-state index contributed by atoms with van der Waals surface area (Å²) in [5, 5.41) is 0.295. The molecule has 0 saturated carbocycles. The van der Waals surface area contributed by atoms with Crippen LogP contribution in [0, 0.1) is 5.82 Å². The highest BCUT2D eigenvalue weighted by Crippen LogP contribution is 2.27. The molecule has 0 unspecified atom stereocenters. The molecule has 0 aliphatic carbocycles. The SMILES string of the molecule is COc1cc(Cl)c(N)cc1F. The number of hydrogen-bond acceptors (Lipinski definition) is 2. The number of hydrogen-bond donors (Lipinski definition) is 1. The average molecular weight is 176 g/mol. The third-order valence-corrected chi connectivity index (χ3v) is 1.60. The Morgan fingerprint density at radius 1 is 1.55 bits per heavy atom. The molecule has 0 saturated heterocycles. The lowest BCUT2D eigenvalue weighted by Gasteiger charge is -2.03. The van der Waals surface area contributed by atoms with E-state index >= 15 is 0 Å². The molecule has 0 heterocycles. The van der Waals surface area contributed by atoms with E-state index in [4.69, 9.17) is 17.3 Å². The first-order chi connectivity index (χ1) is 5.15. The first-order valence-electron chi connectivity index (χ1n) is 2.93. The van der Waals surface area contributed by atoms with Gasteiger partial charge in [-0.05, 0) is 0 Å². The van der Waals surface area contributed by atoms with Crippen molar-refractivity contribution in [3.8, 4) is 5.75 Å². The summed E-state index contributed by atoms with van der Waals surface area (Å²) < 4.78 is 17.4. The second kappa shape index (κ2) is 2.96. The maximum Gasteiger partial charge on any atom is 0.167 e. The van der Waals surface area contributed by atoms with Crippen LogP contribution in [0.15, 0.2) is 12.1 Å². The molecule has 0 aliphatic rings. The van der Waals surface area contributed by atoms with Gasteiger partial charge in [0.05, 0.1) is 17.8 Å². The molecule has 2 N–H and O–H groups in total. The predicted molar refractivity (Wildman–Crippen MR) is 42.4 cm³/mol. The number of halogens is 2. The van der Waals surface area contributed by atoms with Crippen LogP contribution in [0.2, 0.25) is 5.02 Å². The smallest absolute Gasteiger partial charge is 0.167 e. The van der Waals surface area contributed by atoms with E-state index < -0.39 is 5.82 Å². The Bertz CT molecular complexity index is 277. The molecule has 0 atom stereocenters. The van der Waals surface area contributed by atoms with Crippen LogP contribution in [0.1, 0.15) is 0 Å². The number of methoxy groups -OCH3 is 1. The summed E-state index contributed by atoms with van der Waals surface area (Å²) in [7, 11) is 1.37. The molecule has 0 aliphatic heterocycles. The standard InChI is InChI=1S/C7H7ClFNO/c1-11-7-2-4(8)6(10)3-5(7)9/h2-3H,10H2,1H3. The van der Waals surface area contributed by atoms with Crippen molar-refractivity contribution < 1.29 is 9.13 Å². The van der Waals surface area contributed by atoms with Gasteiger partial charge in [-0.1, -0.05) is 11.6 Å². The van der Waals surface area contributed by atoms with Gasteiger partial charge in [-0.2, -0.15) is 0 Å². The van der Waals surface area contributed by atoms with E-state index in [0.717, 1.165) is 6.07 Å². The van der Waals surface area contributed by atoms with Crippen molar-refractivity contribution in [1.29, 1.82) is 0 Å². The Kier molecular flexibility index (Phi) is 2.19. The minimum absolute atomic E-state index is 0.101. The van der Waals surface area contributed by atoms with Gasteiger partial charge in [-0.15, -0.1) is 0 Å². The fourth-order valence-electron chi connectivity index (χ4n) is 0.700. The van der Waals surface area contributed by atoms with Gasteiger partial charge in [0, 0.05) is 12.1 Å². The van der Waals surface area contributed by atoms with Crippen molar-refractivity contribution in [3.05, 3.63) is 23.0 Å². The molecule has 11 heavy (non-hydrogen) atoms. The summed E-state index contributed by atoms with van der Waals surface area (Å²) in [5.74, 6) is -0.404. The van der Waals surface area contributed by atoms with E-state index in [9.17, 15) is 4.39 Å². The Morgan fingerprint density at radius 3 is 2.73 bits per heavy atom. The summed E-state index contributed by atoms with van der Waals surface area (Å²) >= 11 is 5.59. The van der Waals surface area contributed by atoms with Crippen LogP contribution in [0.4, 0.5) is 10.1 Å². The number of ether oxygens (including phenoxy) is 1. The average Bonchev–Trinajstić information content (AvgIpc) is 1.97. The van der Waals surface area contributed by atoms with E-state index in [1.165, 1.54) is 13.2 Å². The quantitative estimate of drug-likeness (QED) is 0.664. The second-order valence-corrected chi connectivity index (χ2v) is 2.42. The fraction of sp³-hybridized carbons (Fsp3) is 0.143. The van der Waals surface area contributed by atoms with Crippen LogP contribution in [-0.2, 0) is 0 Å². The van der Waals surface area contributed by atoms with E-state index in [0.29, 0.717) is 5.02 Å². The maximum atomic E-state index is 12.8. The predicted octanol–water partition coefficient (Wildman–Crippen LogP) is 2.07. The number of benzene rings is 1. The summed E-state index contributed by atoms with van der Waals surface area (Å²) in [6.45, 7) is 0. The highest BCUT2D eigenvalue weighted by atomic mass is 35.5. The van der Waals surface area contributed by atoms with Crippen LogP contribution in [0.3, 0.4) is 0 Å². The molecule has 0 fully saturated rings. The molecule has 4 heteroatoms. The lowest BCUT2D eigenvalue weighted by molar-refractivity contribution is 0.387. The molecule has 1 aromatic rings. The zero-order chi connectivity index (χ0) is 8.43. The maximum absolute atomic E-state index is 12.8. The van der Waals surface area contributed by atoms with Gasteiger partial charge in [0.1, 0.15) is 0 Å². The van der Waals surface area contributed by atoms with Gasteiger partial charge in [0.2, 0.25) is 0 Å². The highest BCUT2D eigenvalue weighted by Gasteiger charge is 2.05. The summed E-state index contributed by atoms with van der Waals surface area (Å²) in [4.78, 5) is 0. The zero-order valence-corrected chi connectivity index (χ0v) is 6.65. The minimum Gasteiger partial charge on any atom is -0.494 e. The summed E-state index contributed by atoms with van der Waals surface area (Å²) in [6.07, 6.45) is 0. The van der Waals surface area contributed by atoms with Crippen LogP contribution in [0.5, 0.6) is 5.75 Å². The molecule has 0 bridgehead atoms. The van der Waals surface area contributed by atoms with E-state index in [2.05, 4.69) is 4.74 Å². The van der Waals surface area contributed by atoms with Crippen molar-refractivity contribution in [2.45, 2.75) is 0 Å². The van der Waals surface area contributed by atoms with Gasteiger partial charge >= 0.3 is 0 Å². The van der Waals surface area contributed by atoms with Crippen molar-refractivity contribution >= 4 is 17.3 Å². The molecular weight excluding hydrogens is 169 g/mol. The van der Waals surface area contributed by atoms with Gasteiger partial charge in [-0.3, -0.25) is 0 Å². The number of anilines is 1. The molecule has 0 spiro atoms. The van der Waals surface area contributed by atoms with Crippen molar-refractivity contribution in [2.24, 2.45) is 0 Å². The van der Waals surface area contributed by atoms with Gasteiger partial charge in [0.25, 0.3) is 0 Å². The summed E-state index contributed by atoms with van der Waals surface area (Å²) in [5.41, 5.74) is 5.53. The second-order valence-electron chi connectivity index (χ2n) is 2.01. The summed E-state index contributed by atoms with van der Waals surface area (Å²) in [6, 6.07) is 2.47. The van der Waals surface area contributed by atoms with Gasteiger partial charge < -0.3 is 10.5 Å². The van der Waals surface area contributed by atoms with E-state index in [-0.39, 0.29) is 11.4 Å². The zero-order valence-electron chi connectivity index (χ0n) is 5.90. The van der Waals surface area contributed by atoms with Crippen LogP contribution in [-0.4, -0.2) is 7.11 Å². The number of rotatable bonds is 1. The molecular formula is C7H7ClFNO. The minimum atomic E-state index is -0.505. The van der Waals surface area contributed by atoms with Crippen LogP contribution >= 0.6 is 11.6 Å². The third kappa shape index (κ3) is 1.54. The first kappa shape index (κ1) is 8.14. The van der Waals surface area contributed by atoms with Gasteiger partial charge in [-0.25, -0.2) is 4.39 Å². The largest absolute Gasteiger partial charge is 0.494 e. The van der Waals surface area contributed by atoms with Crippen molar-refractivity contribution in [1.82, 2.24) is 0 Å². The lowest BCUT2D eigenvalue weighted by Crippen LogP contribution is -1.92. The Labute approximate surface area is 68.7 Å². The van der Waals surface area contributed by atoms with Crippen molar-refractivity contribution in [3.63, 3.8) is 0 Å². The van der Waals surface area contributed by atoms with Gasteiger partial charge in [0.15, 0.2) is 11.6 Å². The Morgan fingerprint density at radius 2 is 2.18 bits per heavy atom. The molecule has 0 amide bonds. The molecule has 1 aromatic carbocycles. The topological polar surface area (TPSA) is 35.2 Å². The number of nitrogen functional groups attached to an aromatic ring is 1. The van der Waals surface area contributed by atoms with Crippen LogP contribution < -0.4 is 10.5 Å². The number of nitrogens with two attached hydrogens (primary N) is 1. The Balaban J connectivity index is 3.21. The van der Waals surface area contributed by atoms with E-state index in [1.807, 2.05) is 0 Å². The van der Waals surface area contributed by atoms with Crippen LogP contribution in [0.25, 0.3) is 0 Å². The van der Waals surface area contributed by atoms with Crippen molar-refractivity contribution in [2.75, 3.05) is 12.8 Å². The Hall–Kier alpha value is -0.960. The normalized spacial score (nSPS) is 9.73.